The van der Waals surface area contributed by atoms with Crippen LogP contribution >= 0.6 is 0 Å². The van der Waals surface area contributed by atoms with Crippen molar-refractivity contribution in [2.75, 3.05) is 31.4 Å². The fraction of sp³-hybridized carbons (Fsp3) is 0.500. The molecule has 0 atom stereocenters. The lowest BCUT2D eigenvalue weighted by Crippen LogP contribution is -2.15. The van der Waals surface area contributed by atoms with E-state index in [0.29, 0.717) is 42.7 Å². The summed E-state index contributed by atoms with van der Waals surface area (Å²) in [7, 11) is 1.55. The number of nitrogens with one attached hydrogen (secondary N) is 1. The summed E-state index contributed by atoms with van der Waals surface area (Å²) in [5, 5.41) is 2.77. The fourth-order valence-corrected chi connectivity index (χ4v) is 1.52. The number of rotatable bonds is 7. The Morgan fingerprint density at radius 1 is 1.42 bits per heavy atom. The highest BCUT2D eigenvalue weighted by Gasteiger charge is 2.08. The van der Waals surface area contributed by atoms with Gasteiger partial charge in [-0.3, -0.25) is 4.79 Å². The molecule has 0 heterocycles. The monoisotopic (exact) mass is 266 g/mol. The zero-order valence-electron chi connectivity index (χ0n) is 11.7. The summed E-state index contributed by atoms with van der Waals surface area (Å²) in [5.74, 6) is 0.940. The Morgan fingerprint density at radius 2 is 2.16 bits per heavy atom. The molecule has 1 aromatic rings. The lowest BCUT2D eigenvalue weighted by atomic mass is 10.2. The van der Waals surface area contributed by atoms with Gasteiger partial charge in [0.15, 0.2) is 0 Å². The van der Waals surface area contributed by atoms with Crippen LogP contribution in [-0.4, -0.2) is 26.2 Å². The summed E-state index contributed by atoms with van der Waals surface area (Å²) in [5.41, 5.74) is 6.84. The molecule has 0 unspecified atom stereocenters. The van der Waals surface area contributed by atoms with Crippen molar-refractivity contribution in [1.82, 2.24) is 0 Å². The molecule has 0 radical (unpaired) electrons. The number of hydrogen-bond acceptors (Lipinski definition) is 4. The minimum absolute atomic E-state index is 0.118. The van der Waals surface area contributed by atoms with Crippen molar-refractivity contribution in [1.29, 1.82) is 0 Å². The van der Waals surface area contributed by atoms with E-state index >= 15 is 0 Å². The minimum Gasteiger partial charge on any atom is -0.495 e. The van der Waals surface area contributed by atoms with E-state index in [-0.39, 0.29) is 5.91 Å². The molecule has 0 bridgehead atoms. The third kappa shape index (κ3) is 5.61. The van der Waals surface area contributed by atoms with Crippen LogP contribution in [0.1, 0.15) is 20.3 Å². The number of carbonyl (C=O) groups excluding carboxylic acids is 1. The van der Waals surface area contributed by atoms with Gasteiger partial charge in [-0.05, 0) is 24.1 Å². The second-order valence-electron chi connectivity index (χ2n) is 4.73. The molecule has 0 spiro atoms. The molecule has 0 aliphatic carbocycles. The molecule has 5 heteroatoms. The summed E-state index contributed by atoms with van der Waals surface area (Å²) in [6.07, 6.45) is 0.310. The summed E-state index contributed by atoms with van der Waals surface area (Å²) in [4.78, 5) is 11.7. The number of nitrogen functional groups attached to an aromatic ring is 1. The van der Waals surface area contributed by atoms with Crippen LogP contribution < -0.4 is 15.8 Å². The van der Waals surface area contributed by atoms with E-state index in [9.17, 15) is 4.79 Å². The van der Waals surface area contributed by atoms with Gasteiger partial charge in [-0.15, -0.1) is 0 Å². The van der Waals surface area contributed by atoms with Gasteiger partial charge in [0, 0.05) is 12.3 Å². The Balaban J connectivity index is 2.45. The van der Waals surface area contributed by atoms with Crippen LogP contribution in [0.25, 0.3) is 0 Å². The first-order chi connectivity index (χ1) is 9.02. The second kappa shape index (κ2) is 7.63. The zero-order valence-corrected chi connectivity index (χ0v) is 11.7. The van der Waals surface area contributed by atoms with Crippen molar-refractivity contribution in [2.24, 2.45) is 5.92 Å². The van der Waals surface area contributed by atoms with Gasteiger partial charge in [-0.1, -0.05) is 13.8 Å². The maximum Gasteiger partial charge on any atom is 0.226 e. The molecular weight excluding hydrogens is 244 g/mol. The standard InChI is InChI=1S/C14H22N2O3/c1-10(2)9-19-7-6-14(17)16-12-8-11(15)4-5-13(12)18-3/h4-5,8,10H,6-7,9,15H2,1-3H3,(H,16,17). The molecule has 1 rings (SSSR count). The fourth-order valence-electron chi connectivity index (χ4n) is 1.52. The SMILES string of the molecule is COc1ccc(N)cc1NC(=O)CCOCC(C)C. The molecule has 106 valence electrons. The second-order valence-corrected chi connectivity index (χ2v) is 4.73. The average Bonchev–Trinajstić information content (AvgIpc) is 2.35. The van der Waals surface area contributed by atoms with E-state index in [1.807, 2.05) is 0 Å². The average molecular weight is 266 g/mol. The van der Waals surface area contributed by atoms with Crippen LogP contribution in [-0.2, 0) is 9.53 Å². The van der Waals surface area contributed by atoms with Crippen LogP contribution in [0, 0.1) is 5.92 Å². The van der Waals surface area contributed by atoms with Crippen molar-refractivity contribution in [3.63, 3.8) is 0 Å². The molecule has 1 amide bonds. The third-order valence-corrected chi connectivity index (χ3v) is 2.42. The van der Waals surface area contributed by atoms with Crippen molar-refractivity contribution in [2.45, 2.75) is 20.3 Å². The number of nitrogens with two attached hydrogens (primary N) is 1. The number of carbonyl (C=O) groups is 1. The molecule has 0 aliphatic heterocycles. The predicted octanol–water partition coefficient (Wildman–Crippen LogP) is 2.28. The quantitative estimate of drug-likeness (QED) is 0.586. The number of ether oxygens (including phenoxy) is 2. The van der Waals surface area contributed by atoms with E-state index < -0.39 is 0 Å². The van der Waals surface area contributed by atoms with Gasteiger partial charge >= 0.3 is 0 Å². The molecule has 1 aromatic carbocycles. The normalized spacial score (nSPS) is 10.5. The van der Waals surface area contributed by atoms with Crippen molar-refractivity contribution >= 4 is 17.3 Å². The lowest BCUT2D eigenvalue weighted by molar-refractivity contribution is -0.117. The Labute approximate surface area is 114 Å². The molecule has 0 saturated heterocycles. The predicted molar refractivity (Wildman–Crippen MR) is 76.3 cm³/mol. The van der Waals surface area contributed by atoms with Crippen LogP contribution in [0.15, 0.2) is 18.2 Å². The molecule has 5 nitrogen and oxygen atoms in total. The van der Waals surface area contributed by atoms with Gasteiger partial charge < -0.3 is 20.5 Å². The smallest absolute Gasteiger partial charge is 0.226 e. The van der Waals surface area contributed by atoms with Crippen molar-refractivity contribution in [3.8, 4) is 5.75 Å². The van der Waals surface area contributed by atoms with Gasteiger partial charge in [0.2, 0.25) is 5.91 Å². The van der Waals surface area contributed by atoms with Gasteiger partial charge in [0.05, 0.1) is 25.8 Å². The van der Waals surface area contributed by atoms with Crippen LogP contribution in [0.3, 0.4) is 0 Å². The molecule has 0 aromatic heterocycles. The molecule has 19 heavy (non-hydrogen) atoms. The highest BCUT2D eigenvalue weighted by atomic mass is 16.5. The number of hydrogen-bond donors (Lipinski definition) is 2. The van der Waals surface area contributed by atoms with Gasteiger partial charge in [0.25, 0.3) is 0 Å². The highest BCUT2D eigenvalue weighted by Crippen LogP contribution is 2.26. The molecule has 0 fully saturated rings. The van der Waals surface area contributed by atoms with Gasteiger partial charge in [-0.2, -0.15) is 0 Å². The molecule has 0 saturated carbocycles. The number of anilines is 2. The Morgan fingerprint density at radius 3 is 2.79 bits per heavy atom. The van der Waals surface area contributed by atoms with E-state index in [2.05, 4.69) is 19.2 Å². The summed E-state index contributed by atoms with van der Waals surface area (Å²) < 4.78 is 10.5. The Hall–Kier alpha value is -1.75. The van der Waals surface area contributed by atoms with Crippen molar-refractivity contribution < 1.29 is 14.3 Å². The van der Waals surface area contributed by atoms with Crippen LogP contribution in [0.4, 0.5) is 11.4 Å². The summed E-state index contributed by atoms with van der Waals surface area (Å²) in [6, 6.07) is 5.12. The highest BCUT2D eigenvalue weighted by molar-refractivity contribution is 5.92. The maximum atomic E-state index is 11.7. The van der Waals surface area contributed by atoms with E-state index in [1.165, 1.54) is 0 Å². The largest absolute Gasteiger partial charge is 0.495 e. The Kier molecular flexibility index (Phi) is 6.15. The number of methoxy groups -OCH3 is 1. The van der Waals surface area contributed by atoms with E-state index in [0.717, 1.165) is 0 Å². The first kappa shape index (κ1) is 15.3. The minimum atomic E-state index is -0.118. The first-order valence-electron chi connectivity index (χ1n) is 6.34. The number of amides is 1. The lowest BCUT2D eigenvalue weighted by Gasteiger charge is -2.11. The zero-order chi connectivity index (χ0) is 14.3. The molecule has 0 aliphatic rings. The molecular formula is C14H22N2O3. The van der Waals surface area contributed by atoms with Crippen molar-refractivity contribution in [3.05, 3.63) is 18.2 Å². The summed E-state index contributed by atoms with van der Waals surface area (Å²) in [6.45, 7) is 5.21. The van der Waals surface area contributed by atoms with Gasteiger partial charge in [-0.25, -0.2) is 0 Å². The summed E-state index contributed by atoms with van der Waals surface area (Å²) >= 11 is 0. The number of benzene rings is 1. The van der Waals surface area contributed by atoms with E-state index in [1.54, 1.807) is 25.3 Å². The molecule has 3 N–H and O–H groups in total. The van der Waals surface area contributed by atoms with Crippen LogP contribution in [0.5, 0.6) is 5.75 Å². The van der Waals surface area contributed by atoms with Gasteiger partial charge in [0.1, 0.15) is 5.75 Å². The van der Waals surface area contributed by atoms with Crippen LogP contribution in [0.2, 0.25) is 0 Å². The Bertz CT molecular complexity index is 419. The topological polar surface area (TPSA) is 73.6 Å². The third-order valence-electron chi connectivity index (χ3n) is 2.42. The first-order valence-corrected chi connectivity index (χ1v) is 6.34. The maximum absolute atomic E-state index is 11.7. The van der Waals surface area contributed by atoms with E-state index in [4.69, 9.17) is 15.2 Å².